The Kier molecular flexibility index (Phi) is 3.91. The molecule has 2 aliphatic rings. The van der Waals surface area contributed by atoms with Crippen LogP contribution in [0.5, 0.6) is 0 Å². The minimum Gasteiger partial charge on any atom is -0.431 e. The Morgan fingerprint density at radius 2 is 1.89 bits per heavy atom. The summed E-state index contributed by atoms with van der Waals surface area (Å²) in [5.74, 6) is 0.0204. The number of rotatable bonds is 1. The van der Waals surface area contributed by atoms with Gasteiger partial charge in [0.05, 0.1) is 5.54 Å². The van der Waals surface area contributed by atoms with E-state index in [2.05, 4.69) is 11.3 Å². The zero-order chi connectivity index (χ0) is 11.7. The zero-order valence-electron chi connectivity index (χ0n) is 10.4. The number of ether oxygens (including phenoxy) is 1. The summed E-state index contributed by atoms with van der Waals surface area (Å²) < 4.78 is 5.29. The van der Waals surface area contributed by atoms with Crippen molar-refractivity contribution in [2.75, 3.05) is 18.1 Å². The SMILES string of the molecule is O=C1N(c2ccccc2)[C-]=NC12CCOCC2.[Li+]. The van der Waals surface area contributed by atoms with Gasteiger partial charge in [0.25, 0.3) is 0 Å². The number of carbonyl (C=O) groups is 1. The minimum atomic E-state index is -0.617. The molecule has 4 nitrogen and oxygen atoms in total. The van der Waals surface area contributed by atoms with Gasteiger partial charge in [-0.3, -0.25) is 0 Å². The molecule has 2 heterocycles. The standard InChI is InChI=1S/C13H13N2O2.Li/c16-12-13(6-8-17-9-7-13)14-10-15(12)11-4-2-1-3-5-11;/h1-5H,6-9H2;/q-1;+1. The van der Waals surface area contributed by atoms with E-state index in [9.17, 15) is 4.79 Å². The Labute approximate surface area is 118 Å². The second kappa shape index (κ2) is 5.27. The third-order valence-electron chi connectivity index (χ3n) is 3.30. The molecule has 0 aliphatic carbocycles. The van der Waals surface area contributed by atoms with Crippen molar-refractivity contribution in [2.24, 2.45) is 4.99 Å². The number of anilines is 1. The fraction of sp³-hybridized carbons (Fsp3) is 0.385. The van der Waals surface area contributed by atoms with Crippen molar-refractivity contribution in [3.8, 4) is 0 Å². The van der Waals surface area contributed by atoms with Crippen molar-refractivity contribution < 1.29 is 28.4 Å². The summed E-state index contributed by atoms with van der Waals surface area (Å²) in [4.78, 5) is 18.2. The van der Waals surface area contributed by atoms with Crippen LogP contribution in [0.2, 0.25) is 0 Å². The smallest absolute Gasteiger partial charge is 0.431 e. The second-order valence-electron chi connectivity index (χ2n) is 4.33. The van der Waals surface area contributed by atoms with Crippen LogP contribution < -0.4 is 23.8 Å². The van der Waals surface area contributed by atoms with Crippen LogP contribution in [0.25, 0.3) is 0 Å². The van der Waals surface area contributed by atoms with Crippen molar-refractivity contribution in [3.63, 3.8) is 0 Å². The average molecular weight is 236 g/mol. The predicted octanol–water partition coefficient (Wildman–Crippen LogP) is -1.51. The third-order valence-corrected chi connectivity index (χ3v) is 3.30. The van der Waals surface area contributed by atoms with Crippen LogP contribution in [-0.4, -0.2) is 31.0 Å². The summed E-state index contributed by atoms with van der Waals surface area (Å²) in [6.45, 7) is 1.19. The zero-order valence-corrected chi connectivity index (χ0v) is 10.4. The second-order valence-corrected chi connectivity index (χ2v) is 4.33. The number of hydrogen-bond acceptors (Lipinski definition) is 3. The number of benzene rings is 1. The molecule has 0 bridgehead atoms. The molecule has 0 aromatic heterocycles. The molecule has 0 saturated carbocycles. The van der Waals surface area contributed by atoms with Crippen LogP contribution in [0.15, 0.2) is 35.3 Å². The third kappa shape index (κ3) is 2.12. The first-order chi connectivity index (χ1) is 8.32. The van der Waals surface area contributed by atoms with Gasteiger partial charge in [-0.1, -0.05) is 36.0 Å². The van der Waals surface area contributed by atoms with E-state index in [1.165, 1.54) is 4.90 Å². The molecule has 2 aliphatic heterocycles. The van der Waals surface area contributed by atoms with Crippen LogP contribution in [-0.2, 0) is 9.53 Å². The van der Waals surface area contributed by atoms with Crippen molar-refractivity contribution in [1.82, 2.24) is 0 Å². The van der Waals surface area contributed by atoms with Gasteiger partial charge >= 0.3 is 18.9 Å². The molecule has 1 aromatic rings. The number of hydrogen-bond donors (Lipinski definition) is 0. The molecule has 1 fully saturated rings. The predicted molar refractivity (Wildman–Crippen MR) is 64.1 cm³/mol. The molecular weight excluding hydrogens is 223 g/mol. The molecular formula is C13H13LiN2O2. The van der Waals surface area contributed by atoms with Gasteiger partial charge in [0.1, 0.15) is 5.91 Å². The Balaban J connectivity index is 0.00000120. The van der Waals surface area contributed by atoms with Crippen LogP contribution in [0.4, 0.5) is 5.69 Å². The molecule has 5 heteroatoms. The van der Waals surface area contributed by atoms with Gasteiger partial charge in [0, 0.05) is 19.6 Å². The largest absolute Gasteiger partial charge is 1.00 e. The topological polar surface area (TPSA) is 41.9 Å². The van der Waals surface area contributed by atoms with Crippen LogP contribution in [0.1, 0.15) is 12.8 Å². The minimum absolute atomic E-state index is 0. The fourth-order valence-corrected chi connectivity index (χ4v) is 2.23. The Morgan fingerprint density at radius 1 is 1.22 bits per heavy atom. The molecule has 3 rings (SSSR count). The van der Waals surface area contributed by atoms with Gasteiger partial charge in [-0.2, -0.15) is 0 Å². The molecule has 1 aromatic carbocycles. The number of aliphatic imine (C=N–C) groups is 1. The van der Waals surface area contributed by atoms with Crippen LogP contribution in [0, 0.1) is 0 Å². The normalized spacial score (nSPS) is 21.1. The van der Waals surface area contributed by atoms with E-state index in [0.29, 0.717) is 26.1 Å². The molecule has 1 spiro atoms. The maximum absolute atomic E-state index is 12.4. The molecule has 0 N–H and O–H groups in total. The number of amides is 1. The van der Waals surface area contributed by atoms with Gasteiger partial charge in [0.15, 0.2) is 0 Å². The Hall–Kier alpha value is -1.08. The van der Waals surface area contributed by atoms with E-state index in [0.717, 1.165) is 5.69 Å². The molecule has 0 atom stereocenters. The van der Waals surface area contributed by atoms with E-state index in [-0.39, 0.29) is 24.8 Å². The quantitative estimate of drug-likeness (QED) is 0.439. The van der Waals surface area contributed by atoms with Gasteiger partial charge in [0.2, 0.25) is 0 Å². The maximum Gasteiger partial charge on any atom is 1.00 e. The monoisotopic (exact) mass is 236 g/mol. The first kappa shape index (κ1) is 13.4. The fourth-order valence-electron chi connectivity index (χ4n) is 2.23. The summed E-state index contributed by atoms with van der Waals surface area (Å²) in [5, 5.41) is 0. The summed E-state index contributed by atoms with van der Waals surface area (Å²) in [6, 6.07) is 9.50. The van der Waals surface area contributed by atoms with E-state index < -0.39 is 5.54 Å². The van der Waals surface area contributed by atoms with Crippen molar-refractivity contribution >= 4 is 17.9 Å². The first-order valence-corrected chi connectivity index (χ1v) is 5.77. The summed E-state index contributed by atoms with van der Waals surface area (Å²) >= 11 is 0. The number of carbonyl (C=O) groups excluding carboxylic acids is 1. The van der Waals surface area contributed by atoms with Crippen molar-refractivity contribution in [2.45, 2.75) is 18.4 Å². The first-order valence-electron chi connectivity index (χ1n) is 5.77. The van der Waals surface area contributed by atoms with Crippen molar-refractivity contribution in [3.05, 3.63) is 30.3 Å². The van der Waals surface area contributed by atoms with Crippen LogP contribution in [0.3, 0.4) is 0 Å². The summed E-state index contributed by atoms with van der Waals surface area (Å²) in [5.41, 5.74) is 0.207. The molecule has 1 amide bonds. The average Bonchev–Trinajstić information content (AvgIpc) is 2.70. The molecule has 0 unspecified atom stereocenters. The molecule has 18 heavy (non-hydrogen) atoms. The van der Waals surface area contributed by atoms with Crippen LogP contribution >= 0.6 is 0 Å². The number of para-hydroxylation sites is 1. The Bertz CT molecular complexity index is 455. The number of nitrogens with zero attached hydrogens (tertiary/aromatic N) is 2. The van der Waals surface area contributed by atoms with Crippen molar-refractivity contribution in [1.29, 1.82) is 0 Å². The molecule has 0 radical (unpaired) electrons. The van der Waals surface area contributed by atoms with Gasteiger partial charge in [-0.15, -0.1) is 0 Å². The Morgan fingerprint density at radius 3 is 2.56 bits per heavy atom. The maximum atomic E-state index is 12.4. The van der Waals surface area contributed by atoms with E-state index in [4.69, 9.17) is 4.74 Å². The van der Waals surface area contributed by atoms with E-state index in [1.54, 1.807) is 0 Å². The van der Waals surface area contributed by atoms with Gasteiger partial charge < -0.3 is 19.4 Å². The summed E-state index contributed by atoms with van der Waals surface area (Å²) in [6.07, 6.45) is 4.15. The van der Waals surface area contributed by atoms with Gasteiger partial charge in [-0.05, 0) is 12.8 Å². The molecule has 88 valence electrons. The van der Waals surface area contributed by atoms with E-state index in [1.807, 2.05) is 30.3 Å². The molecule has 1 saturated heterocycles. The van der Waals surface area contributed by atoms with Gasteiger partial charge in [-0.25, -0.2) is 0 Å². The van der Waals surface area contributed by atoms with E-state index >= 15 is 0 Å². The summed E-state index contributed by atoms with van der Waals surface area (Å²) in [7, 11) is 0.